The minimum absolute atomic E-state index is 0.0994. The van der Waals surface area contributed by atoms with E-state index in [1.807, 2.05) is 32.0 Å². The van der Waals surface area contributed by atoms with Gasteiger partial charge in [0, 0.05) is 25.4 Å². The third kappa shape index (κ3) is 3.88. The van der Waals surface area contributed by atoms with Crippen molar-refractivity contribution >= 4 is 5.91 Å². The van der Waals surface area contributed by atoms with E-state index >= 15 is 0 Å². The lowest BCUT2D eigenvalue weighted by Gasteiger charge is -2.32. The predicted molar refractivity (Wildman–Crippen MR) is 105 cm³/mol. The summed E-state index contributed by atoms with van der Waals surface area (Å²) in [5.41, 5.74) is 3.80. The maximum Gasteiger partial charge on any atom is 0.257 e. The van der Waals surface area contributed by atoms with E-state index < -0.39 is 0 Å². The van der Waals surface area contributed by atoms with E-state index in [0.29, 0.717) is 31.1 Å². The fraction of sp³-hybridized carbons (Fsp3) is 0.381. The first-order chi connectivity index (χ1) is 14.1. The zero-order chi connectivity index (χ0) is 20.4. The molecule has 1 amide bonds. The molecule has 4 heterocycles. The maximum atomic E-state index is 12.8. The van der Waals surface area contributed by atoms with Gasteiger partial charge < -0.3 is 14.2 Å². The highest BCUT2D eigenvalue weighted by Crippen LogP contribution is 2.29. The van der Waals surface area contributed by atoms with Crippen LogP contribution in [0.15, 0.2) is 35.1 Å². The van der Waals surface area contributed by atoms with Gasteiger partial charge in [0.05, 0.1) is 41.4 Å². The summed E-state index contributed by atoms with van der Waals surface area (Å²) < 4.78 is 11.3. The van der Waals surface area contributed by atoms with Crippen molar-refractivity contribution in [3.8, 4) is 11.3 Å². The molecule has 1 aliphatic rings. The van der Waals surface area contributed by atoms with Crippen molar-refractivity contribution in [1.82, 2.24) is 25.0 Å². The summed E-state index contributed by atoms with van der Waals surface area (Å²) >= 11 is 0. The first-order valence-corrected chi connectivity index (χ1v) is 9.68. The SMILES string of the molecule is CCc1onc(C)c1-c1cccc(C2CN(C(=O)c3cnc(C)nc3)CCO2)n1. The minimum Gasteiger partial charge on any atom is -0.368 e. The zero-order valence-corrected chi connectivity index (χ0v) is 16.8. The van der Waals surface area contributed by atoms with Crippen LogP contribution in [0.4, 0.5) is 0 Å². The summed E-state index contributed by atoms with van der Waals surface area (Å²) in [4.78, 5) is 27.6. The Morgan fingerprint density at radius 2 is 2.03 bits per heavy atom. The molecular formula is C21H23N5O3. The van der Waals surface area contributed by atoms with Crippen LogP contribution in [0.5, 0.6) is 0 Å². The summed E-state index contributed by atoms with van der Waals surface area (Å²) in [7, 11) is 0. The monoisotopic (exact) mass is 393 g/mol. The van der Waals surface area contributed by atoms with Crippen molar-refractivity contribution in [2.75, 3.05) is 19.7 Å². The summed E-state index contributed by atoms with van der Waals surface area (Å²) in [5.74, 6) is 1.35. The lowest BCUT2D eigenvalue weighted by molar-refractivity contribution is -0.0247. The molecule has 3 aromatic rings. The molecule has 0 radical (unpaired) electrons. The van der Waals surface area contributed by atoms with Crippen LogP contribution in [0.1, 0.15) is 46.4 Å². The molecule has 0 spiro atoms. The number of pyridine rings is 1. The molecule has 1 atom stereocenters. The second-order valence-corrected chi connectivity index (χ2v) is 7.00. The Morgan fingerprint density at radius 1 is 1.24 bits per heavy atom. The van der Waals surface area contributed by atoms with Crippen LogP contribution < -0.4 is 0 Å². The fourth-order valence-electron chi connectivity index (χ4n) is 3.45. The quantitative estimate of drug-likeness (QED) is 0.672. The van der Waals surface area contributed by atoms with Crippen LogP contribution in [0.25, 0.3) is 11.3 Å². The lowest BCUT2D eigenvalue weighted by atomic mass is 10.1. The number of ether oxygens (including phenoxy) is 1. The van der Waals surface area contributed by atoms with Gasteiger partial charge >= 0.3 is 0 Å². The highest BCUT2D eigenvalue weighted by Gasteiger charge is 2.28. The van der Waals surface area contributed by atoms with Gasteiger partial charge in [-0.1, -0.05) is 18.1 Å². The Morgan fingerprint density at radius 3 is 2.79 bits per heavy atom. The summed E-state index contributed by atoms with van der Waals surface area (Å²) in [6.07, 6.45) is 3.57. The molecule has 1 saturated heterocycles. The van der Waals surface area contributed by atoms with E-state index in [1.165, 1.54) is 0 Å². The number of nitrogens with zero attached hydrogens (tertiary/aromatic N) is 5. The number of rotatable bonds is 4. The molecule has 0 bridgehead atoms. The van der Waals surface area contributed by atoms with Crippen LogP contribution >= 0.6 is 0 Å². The van der Waals surface area contributed by atoms with Crippen LogP contribution in [0, 0.1) is 13.8 Å². The number of carbonyl (C=O) groups excluding carboxylic acids is 1. The second kappa shape index (κ2) is 8.08. The Hall–Kier alpha value is -3.13. The molecule has 0 aliphatic carbocycles. The third-order valence-electron chi connectivity index (χ3n) is 4.99. The predicted octanol–water partition coefficient (Wildman–Crippen LogP) is 2.92. The van der Waals surface area contributed by atoms with Crippen LogP contribution in [0.2, 0.25) is 0 Å². The van der Waals surface area contributed by atoms with Gasteiger partial charge in [0.2, 0.25) is 0 Å². The van der Waals surface area contributed by atoms with E-state index in [2.05, 4.69) is 15.1 Å². The maximum absolute atomic E-state index is 12.8. The number of morpholine rings is 1. The highest BCUT2D eigenvalue weighted by atomic mass is 16.5. The van der Waals surface area contributed by atoms with Crippen molar-refractivity contribution < 1.29 is 14.1 Å². The standard InChI is InChI=1S/C21H23N5O3/c1-4-18-20(13(2)25-29-18)17-7-5-6-16(24-17)19-12-26(8-9-28-19)21(27)15-10-22-14(3)23-11-15/h5-7,10-11,19H,4,8-9,12H2,1-3H3. The normalized spacial score (nSPS) is 16.8. The Balaban J connectivity index is 1.56. The van der Waals surface area contributed by atoms with Gasteiger partial charge in [0.15, 0.2) is 0 Å². The smallest absolute Gasteiger partial charge is 0.257 e. The van der Waals surface area contributed by atoms with E-state index in [9.17, 15) is 4.79 Å². The lowest BCUT2D eigenvalue weighted by Crippen LogP contribution is -2.42. The van der Waals surface area contributed by atoms with E-state index in [0.717, 1.165) is 34.8 Å². The van der Waals surface area contributed by atoms with Crippen LogP contribution in [-0.4, -0.2) is 50.6 Å². The number of hydrogen-bond acceptors (Lipinski definition) is 7. The largest absolute Gasteiger partial charge is 0.368 e. The fourth-order valence-corrected chi connectivity index (χ4v) is 3.45. The van der Waals surface area contributed by atoms with Gasteiger partial charge in [0.25, 0.3) is 5.91 Å². The minimum atomic E-state index is -0.302. The molecule has 150 valence electrons. The summed E-state index contributed by atoms with van der Waals surface area (Å²) in [6, 6.07) is 5.81. The topological polar surface area (TPSA) is 94.2 Å². The average molecular weight is 393 g/mol. The van der Waals surface area contributed by atoms with Crippen LogP contribution in [0.3, 0.4) is 0 Å². The molecule has 8 heteroatoms. The molecule has 1 unspecified atom stereocenters. The van der Waals surface area contributed by atoms with Gasteiger partial charge in [0.1, 0.15) is 17.7 Å². The first-order valence-electron chi connectivity index (χ1n) is 9.68. The molecule has 29 heavy (non-hydrogen) atoms. The highest BCUT2D eigenvalue weighted by molar-refractivity contribution is 5.93. The second-order valence-electron chi connectivity index (χ2n) is 7.00. The van der Waals surface area contributed by atoms with Gasteiger partial charge in [-0.3, -0.25) is 4.79 Å². The Kier molecular flexibility index (Phi) is 5.35. The summed E-state index contributed by atoms with van der Waals surface area (Å²) in [6.45, 7) is 7.11. The molecular weight excluding hydrogens is 370 g/mol. The van der Waals surface area contributed by atoms with Gasteiger partial charge in [-0.05, 0) is 26.0 Å². The molecule has 0 N–H and O–H groups in total. The van der Waals surface area contributed by atoms with Crippen LogP contribution in [-0.2, 0) is 11.2 Å². The number of amides is 1. The van der Waals surface area contributed by atoms with Crippen molar-refractivity contribution in [3.05, 3.63) is 59.1 Å². The molecule has 1 aliphatic heterocycles. The third-order valence-corrected chi connectivity index (χ3v) is 4.99. The van der Waals surface area contributed by atoms with Crippen molar-refractivity contribution in [2.45, 2.75) is 33.3 Å². The van der Waals surface area contributed by atoms with E-state index in [4.69, 9.17) is 14.2 Å². The molecule has 4 rings (SSSR count). The van der Waals surface area contributed by atoms with Gasteiger partial charge in [-0.25, -0.2) is 15.0 Å². The van der Waals surface area contributed by atoms with Crippen molar-refractivity contribution in [3.63, 3.8) is 0 Å². The zero-order valence-electron chi connectivity index (χ0n) is 16.8. The number of aryl methyl sites for hydroxylation is 3. The van der Waals surface area contributed by atoms with Gasteiger partial charge in [-0.2, -0.15) is 0 Å². The first kappa shape index (κ1) is 19.2. The number of aromatic nitrogens is 4. The molecule has 0 aromatic carbocycles. The van der Waals surface area contributed by atoms with E-state index in [1.54, 1.807) is 24.2 Å². The van der Waals surface area contributed by atoms with Gasteiger partial charge in [-0.15, -0.1) is 0 Å². The average Bonchev–Trinajstić information content (AvgIpc) is 3.14. The van der Waals surface area contributed by atoms with Crippen molar-refractivity contribution in [1.29, 1.82) is 0 Å². The molecule has 3 aromatic heterocycles. The Labute approximate surface area is 168 Å². The molecule has 8 nitrogen and oxygen atoms in total. The number of carbonyl (C=O) groups is 1. The van der Waals surface area contributed by atoms with E-state index in [-0.39, 0.29) is 12.0 Å². The molecule has 1 fully saturated rings. The number of hydrogen-bond donors (Lipinski definition) is 0. The molecule has 0 saturated carbocycles. The summed E-state index contributed by atoms with van der Waals surface area (Å²) in [5, 5.41) is 4.07. The Bertz CT molecular complexity index is 1020. The van der Waals surface area contributed by atoms with Crippen molar-refractivity contribution in [2.24, 2.45) is 0 Å².